The number of carbonyl (C=O) groups excluding carboxylic acids is 1. The van der Waals surface area contributed by atoms with Crippen LogP contribution in [0.5, 0.6) is 0 Å². The molecule has 2 aliphatic rings. The Kier molecular flexibility index (Phi) is 3.84. The number of nitrogens with zero attached hydrogens (tertiary/aromatic N) is 4. The van der Waals surface area contributed by atoms with Crippen LogP contribution in [0.25, 0.3) is 5.69 Å². The Morgan fingerprint density at radius 2 is 1.96 bits per heavy atom. The van der Waals surface area contributed by atoms with Crippen LogP contribution >= 0.6 is 0 Å². The Morgan fingerprint density at radius 1 is 1.21 bits per heavy atom. The number of β-amino-alcohol motifs (C(OH)–C–C–N with tert-alkyl or cyclic N) is 1. The summed E-state index contributed by atoms with van der Waals surface area (Å²) in [6.07, 6.45) is 3.30. The van der Waals surface area contributed by atoms with Crippen LogP contribution in [0.1, 0.15) is 53.3 Å². The van der Waals surface area contributed by atoms with E-state index in [1.54, 1.807) is 4.90 Å². The predicted molar refractivity (Wildman–Crippen MR) is 89.2 cm³/mol. The number of aliphatic hydroxyl groups excluding tert-OH is 1. The summed E-state index contributed by atoms with van der Waals surface area (Å²) in [6.45, 7) is 3.11. The van der Waals surface area contributed by atoms with Crippen molar-refractivity contribution >= 4 is 5.91 Å². The molecule has 1 atom stereocenters. The molecule has 1 aromatic carbocycles. The van der Waals surface area contributed by atoms with Crippen LogP contribution in [0.15, 0.2) is 24.3 Å². The lowest BCUT2D eigenvalue weighted by molar-refractivity contribution is 0.0468. The first-order valence-corrected chi connectivity index (χ1v) is 8.63. The fourth-order valence-corrected chi connectivity index (χ4v) is 3.33. The third-order valence-electron chi connectivity index (χ3n) is 4.83. The van der Waals surface area contributed by atoms with Gasteiger partial charge in [0.15, 0.2) is 5.69 Å². The van der Waals surface area contributed by atoms with Gasteiger partial charge in [-0.05, 0) is 44.7 Å². The number of piperidine rings is 1. The zero-order valence-corrected chi connectivity index (χ0v) is 13.9. The summed E-state index contributed by atoms with van der Waals surface area (Å²) in [4.78, 5) is 14.6. The fourth-order valence-electron chi connectivity index (χ4n) is 3.33. The average molecular weight is 326 g/mol. The van der Waals surface area contributed by atoms with Crippen molar-refractivity contribution in [3.05, 3.63) is 41.2 Å². The maximum absolute atomic E-state index is 12.9. The lowest BCUT2D eigenvalue weighted by Crippen LogP contribution is -2.42. The van der Waals surface area contributed by atoms with Crippen molar-refractivity contribution < 1.29 is 9.90 Å². The molecule has 0 radical (unpaired) electrons. The molecule has 0 spiro atoms. The highest BCUT2D eigenvalue weighted by Crippen LogP contribution is 2.42. The van der Waals surface area contributed by atoms with Gasteiger partial charge in [0, 0.05) is 19.0 Å². The quantitative estimate of drug-likeness (QED) is 0.937. The molecular weight excluding hydrogens is 304 g/mol. The van der Waals surface area contributed by atoms with Crippen molar-refractivity contribution in [1.29, 1.82) is 0 Å². The van der Waals surface area contributed by atoms with Gasteiger partial charge in [0.2, 0.25) is 0 Å². The van der Waals surface area contributed by atoms with Crippen molar-refractivity contribution in [3.8, 4) is 5.69 Å². The van der Waals surface area contributed by atoms with Crippen LogP contribution in [-0.4, -0.2) is 50.1 Å². The molecule has 1 N–H and O–H groups in total. The summed E-state index contributed by atoms with van der Waals surface area (Å²) in [7, 11) is 0. The molecular formula is C18H22N4O2. The van der Waals surface area contributed by atoms with E-state index in [-0.39, 0.29) is 5.91 Å². The van der Waals surface area contributed by atoms with Crippen LogP contribution in [0.3, 0.4) is 0 Å². The Morgan fingerprint density at radius 3 is 2.62 bits per heavy atom. The van der Waals surface area contributed by atoms with E-state index in [9.17, 15) is 9.90 Å². The van der Waals surface area contributed by atoms with E-state index < -0.39 is 6.10 Å². The normalized spacial score (nSPS) is 21.1. The molecule has 1 saturated heterocycles. The summed E-state index contributed by atoms with van der Waals surface area (Å²) in [5.41, 5.74) is 3.49. The van der Waals surface area contributed by atoms with Gasteiger partial charge in [-0.25, -0.2) is 4.68 Å². The number of hydrogen-bond acceptors (Lipinski definition) is 4. The number of benzene rings is 1. The SMILES string of the molecule is Cc1ccc(-n2nnc(C(=O)N3CCCC(O)C3)c2C2CC2)cc1. The van der Waals surface area contributed by atoms with E-state index in [1.165, 1.54) is 5.56 Å². The molecule has 1 aliphatic carbocycles. The summed E-state index contributed by atoms with van der Waals surface area (Å²) in [5, 5.41) is 18.3. The molecule has 2 fully saturated rings. The van der Waals surface area contributed by atoms with Crippen LogP contribution < -0.4 is 0 Å². The molecule has 1 saturated carbocycles. The number of rotatable bonds is 3. The van der Waals surface area contributed by atoms with Crippen LogP contribution in [0.4, 0.5) is 0 Å². The summed E-state index contributed by atoms with van der Waals surface area (Å²) in [5.74, 6) is 0.254. The second-order valence-electron chi connectivity index (χ2n) is 6.89. The van der Waals surface area contributed by atoms with Gasteiger partial charge in [-0.1, -0.05) is 22.9 Å². The predicted octanol–water partition coefficient (Wildman–Crippen LogP) is 2.05. The van der Waals surface area contributed by atoms with Gasteiger partial charge in [-0.15, -0.1) is 5.10 Å². The Hall–Kier alpha value is -2.21. The summed E-state index contributed by atoms with van der Waals surface area (Å²) < 4.78 is 1.81. The maximum Gasteiger partial charge on any atom is 0.276 e. The summed E-state index contributed by atoms with van der Waals surface area (Å²) >= 11 is 0. The van der Waals surface area contributed by atoms with E-state index in [0.29, 0.717) is 24.7 Å². The lowest BCUT2D eigenvalue weighted by Gasteiger charge is -2.29. The van der Waals surface area contributed by atoms with E-state index in [1.807, 2.05) is 35.9 Å². The number of carbonyl (C=O) groups is 1. The zero-order valence-electron chi connectivity index (χ0n) is 13.9. The largest absolute Gasteiger partial charge is 0.391 e. The number of aromatic nitrogens is 3. The number of aliphatic hydroxyl groups is 1. The number of amides is 1. The number of aryl methyl sites for hydroxylation is 1. The molecule has 2 aromatic rings. The maximum atomic E-state index is 12.9. The molecule has 2 heterocycles. The molecule has 126 valence electrons. The van der Waals surface area contributed by atoms with Crippen molar-refractivity contribution in [1.82, 2.24) is 19.9 Å². The minimum atomic E-state index is -0.431. The second kappa shape index (κ2) is 6.02. The van der Waals surface area contributed by atoms with Crippen molar-refractivity contribution in [2.24, 2.45) is 0 Å². The van der Waals surface area contributed by atoms with Crippen LogP contribution in [-0.2, 0) is 0 Å². The van der Waals surface area contributed by atoms with Gasteiger partial charge >= 0.3 is 0 Å². The molecule has 6 heteroatoms. The highest BCUT2D eigenvalue weighted by atomic mass is 16.3. The first-order valence-electron chi connectivity index (χ1n) is 8.63. The number of hydrogen-bond donors (Lipinski definition) is 1. The fraction of sp³-hybridized carbons (Fsp3) is 0.500. The Labute approximate surface area is 141 Å². The van der Waals surface area contributed by atoms with Gasteiger partial charge in [-0.3, -0.25) is 4.79 Å². The smallest absolute Gasteiger partial charge is 0.276 e. The van der Waals surface area contributed by atoms with Crippen molar-refractivity contribution in [3.63, 3.8) is 0 Å². The third kappa shape index (κ3) is 2.82. The van der Waals surface area contributed by atoms with Crippen LogP contribution in [0.2, 0.25) is 0 Å². The Bertz CT molecular complexity index is 749. The molecule has 24 heavy (non-hydrogen) atoms. The number of likely N-dealkylation sites (tertiary alicyclic amines) is 1. The van der Waals surface area contributed by atoms with Crippen LogP contribution in [0, 0.1) is 6.92 Å². The Balaban J connectivity index is 1.69. The standard InChI is InChI=1S/C18H22N4O2/c1-12-4-8-14(9-5-12)22-17(13-6-7-13)16(19-20-22)18(24)21-10-2-3-15(23)11-21/h4-5,8-9,13,15,23H,2-3,6-7,10-11H2,1H3. The van der Waals surface area contributed by atoms with Gasteiger partial charge in [0.25, 0.3) is 5.91 Å². The topological polar surface area (TPSA) is 71.2 Å². The van der Waals surface area contributed by atoms with Gasteiger partial charge < -0.3 is 10.0 Å². The molecule has 0 bridgehead atoms. The first-order chi connectivity index (χ1) is 11.6. The molecule has 1 unspecified atom stereocenters. The van der Waals surface area contributed by atoms with Gasteiger partial charge in [0.05, 0.1) is 17.5 Å². The van der Waals surface area contributed by atoms with Gasteiger partial charge in [-0.2, -0.15) is 0 Å². The van der Waals surface area contributed by atoms with E-state index in [4.69, 9.17) is 0 Å². The first kappa shape index (κ1) is 15.3. The monoisotopic (exact) mass is 326 g/mol. The molecule has 1 aliphatic heterocycles. The minimum absolute atomic E-state index is 0.103. The van der Waals surface area contributed by atoms with Crippen molar-refractivity contribution in [2.45, 2.75) is 44.6 Å². The van der Waals surface area contributed by atoms with Gasteiger partial charge in [0.1, 0.15) is 0 Å². The third-order valence-corrected chi connectivity index (χ3v) is 4.83. The highest BCUT2D eigenvalue weighted by molar-refractivity contribution is 5.93. The molecule has 4 rings (SSSR count). The van der Waals surface area contributed by atoms with Crippen molar-refractivity contribution in [2.75, 3.05) is 13.1 Å². The minimum Gasteiger partial charge on any atom is -0.391 e. The average Bonchev–Trinajstić information content (AvgIpc) is 3.33. The van der Waals surface area contributed by atoms with E-state index in [0.717, 1.165) is 37.1 Å². The molecule has 1 aromatic heterocycles. The molecule has 1 amide bonds. The summed E-state index contributed by atoms with van der Waals surface area (Å²) in [6, 6.07) is 8.09. The molecule has 6 nitrogen and oxygen atoms in total. The van der Waals surface area contributed by atoms with E-state index >= 15 is 0 Å². The highest BCUT2D eigenvalue weighted by Gasteiger charge is 2.36. The second-order valence-corrected chi connectivity index (χ2v) is 6.89. The lowest BCUT2D eigenvalue weighted by atomic mass is 10.1. The zero-order chi connectivity index (χ0) is 16.7. The van der Waals surface area contributed by atoms with E-state index in [2.05, 4.69) is 10.3 Å².